The lowest BCUT2D eigenvalue weighted by molar-refractivity contribution is -0.133. The molecule has 0 radical (unpaired) electrons. The second kappa shape index (κ2) is 11.2. The van der Waals surface area contributed by atoms with Crippen LogP contribution in [0.15, 0.2) is 42.5 Å². The van der Waals surface area contributed by atoms with E-state index in [9.17, 15) is 19.2 Å². The van der Waals surface area contributed by atoms with Crippen LogP contribution in [0.2, 0.25) is 0 Å². The summed E-state index contributed by atoms with van der Waals surface area (Å²) in [6.45, 7) is 5.21. The number of nitrogens with one attached hydrogen (secondary N) is 1. The first kappa shape index (κ1) is 25.1. The van der Waals surface area contributed by atoms with Crippen LogP contribution in [0.4, 0.5) is 0 Å². The Labute approximate surface area is 215 Å². The van der Waals surface area contributed by atoms with E-state index in [0.717, 1.165) is 44.0 Å². The maximum atomic E-state index is 13.0. The lowest BCUT2D eigenvalue weighted by atomic mass is 9.92. The Bertz CT molecular complexity index is 1190. The molecule has 2 amide bonds. The number of carbonyl (C=O) groups excluding carboxylic acids is 4. The fourth-order valence-corrected chi connectivity index (χ4v) is 5.07. The highest BCUT2D eigenvalue weighted by Crippen LogP contribution is 2.34. The molecule has 194 valence electrons. The minimum absolute atomic E-state index is 0.0640. The van der Waals surface area contributed by atoms with Crippen LogP contribution < -0.4 is 10.1 Å². The summed E-state index contributed by atoms with van der Waals surface area (Å²) in [5.41, 5.74) is 2.77. The highest BCUT2D eigenvalue weighted by molar-refractivity contribution is 6.07. The summed E-state index contributed by atoms with van der Waals surface area (Å²) in [4.78, 5) is 53.3. The molecule has 1 saturated carbocycles. The quantitative estimate of drug-likeness (QED) is 0.547. The van der Waals surface area contributed by atoms with E-state index in [1.807, 2.05) is 18.2 Å². The summed E-state index contributed by atoms with van der Waals surface area (Å²) in [5.74, 6) is 0.0324. The van der Waals surface area contributed by atoms with E-state index in [4.69, 9.17) is 9.47 Å². The average Bonchev–Trinajstić information content (AvgIpc) is 3.25. The number of ether oxygens (including phenoxy) is 2. The number of benzene rings is 2. The summed E-state index contributed by atoms with van der Waals surface area (Å²) < 4.78 is 11.4. The van der Waals surface area contributed by atoms with Crippen molar-refractivity contribution in [2.45, 2.75) is 38.5 Å². The Balaban J connectivity index is 1.16. The number of hydrogen-bond donors (Lipinski definition) is 1. The molecular weight excluding hydrogens is 474 g/mol. The maximum absolute atomic E-state index is 13.0. The number of fused-ring (bicyclic) bond motifs is 1. The van der Waals surface area contributed by atoms with Crippen LogP contribution in [0.1, 0.15) is 51.1 Å². The third kappa shape index (κ3) is 5.73. The van der Waals surface area contributed by atoms with E-state index in [-0.39, 0.29) is 36.4 Å². The Morgan fingerprint density at radius 1 is 1.05 bits per heavy atom. The predicted octanol–water partition coefficient (Wildman–Crippen LogP) is 1.97. The molecule has 9 heteroatoms. The molecule has 2 aromatic rings. The summed E-state index contributed by atoms with van der Waals surface area (Å²) >= 11 is 0. The maximum Gasteiger partial charge on any atom is 0.255 e. The fourth-order valence-electron chi connectivity index (χ4n) is 5.07. The molecule has 0 aromatic heterocycles. The van der Waals surface area contributed by atoms with E-state index >= 15 is 0 Å². The van der Waals surface area contributed by atoms with Crippen LogP contribution in [-0.4, -0.2) is 78.6 Å². The van der Waals surface area contributed by atoms with Crippen LogP contribution in [0, 0.1) is 0 Å². The van der Waals surface area contributed by atoms with E-state index in [1.54, 1.807) is 29.2 Å². The fraction of sp³-hybridized carbons (Fsp3) is 0.429. The van der Waals surface area contributed by atoms with Crippen LogP contribution in [0.3, 0.4) is 0 Å². The molecular formula is C28H31N3O6. The first-order chi connectivity index (χ1) is 18.0. The molecule has 1 aliphatic carbocycles. The van der Waals surface area contributed by atoms with Crippen molar-refractivity contribution in [3.63, 3.8) is 0 Å². The van der Waals surface area contributed by atoms with Crippen molar-refractivity contribution in [3.8, 4) is 5.75 Å². The van der Waals surface area contributed by atoms with Crippen LogP contribution >= 0.6 is 0 Å². The molecule has 37 heavy (non-hydrogen) atoms. The molecule has 1 atom stereocenters. The summed E-state index contributed by atoms with van der Waals surface area (Å²) in [5, 5.41) is 2.96. The zero-order valence-electron chi connectivity index (χ0n) is 20.7. The number of carbonyl (C=O) groups is 4. The Hall–Kier alpha value is -3.56. The molecule has 1 unspecified atom stereocenters. The number of Topliss-reactive ketones (excluding diaryl/α,β-unsaturated/α-hetero) is 2. The van der Waals surface area contributed by atoms with Gasteiger partial charge in [-0.1, -0.05) is 18.2 Å². The van der Waals surface area contributed by atoms with Gasteiger partial charge in [0.25, 0.3) is 11.8 Å². The molecule has 2 heterocycles. The first-order valence-electron chi connectivity index (χ1n) is 12.8. The van der Waals surface area contributed by atoms with Crippen molar-refractivity contribution in [1.82, 2.24) is 15.1 Å². The van der Waals surface area contributed by atoms with Crippen molar-refractivity contribution in [1.29, 1.82) is 0 Å². The highest BCUT2D eigenvalue weighted by Gasteiger charge is 2.40. The molecule has 2 fully saturated rings. The number of rotatable bonds is 8. The van der Waals surface area contributed by atoms with E-state index in [0.29, 0.717) is 42.8 Å². The number of amides is 2. The standard InChI is InChI=1S/C28H31N3O6/c32-21-8-9-24(25(33)16-21)31-17-23-22(28(31)35)2-1-3-26(23)37-18-19-4-6-20(7-5-19)27(34)29-10-11-30-12-14-36-15-13-30/h1-7,24H,8-18H2,(H,29,34). The summed E-state index contributed by atoms with van der Waals surface area (Å²) in [7, 11) is 0. The Kier molecular flexibility index (Phi) is 7.62. The van der Waals surface area contributed by atoms with Crippen LogP contribution in [-0.2, 0) is 27.5 Å². The predicted molar refractivity (Wildman–Crippen MR) is 134 cm³/mol. The normalized spacial score (nSPS) is 20.2. The number of ketones is 2. The van der Waals surface area contributed by atoms with E-state index in [1.165, 1.54) is 0 Å². The largest absolute Gasteiger partial charge is 0.489 e. The number of morpholine rings is 1. The van der Waals surface area contributed by atoms with Gasteiger partial charge in [-0.15, -0.1) is 0 Å². The zero-order valence-corrected chi connectivity index (χ0v) is 20.7. The molecule has 9 nitrogen and oxygen atoms in total. The van der Waals surface area contributed by atoms with Gasteiger partial charge in [0.05, 0.1) is 32.2 Å². The van der Waals surface area contributed by atoms with Crippen molar-refractivity contribution in [2.75, 3.05) is 39.4 Å². The van der Waals surface area contributed by atoms with Crippen LogP contribution in [0.25, 0.3) is 0 Å². The zero-order chi connectivity index (χ0) is 25.8. The Morgan fingerprint density at radius 3 is 2.59 bits per heavy atom. The number of nitrogens with zero attached hydrogens (tertiary/aromatic N) is 2. The van der Waals surface area contributed by atoms with Gasteiger partial charge in [0.1, 0.15) is 18.1 Å². The van der Waals surface area contributed by atoms with Gasteiger partial charge in [0.2, 0.25) is 0 Å². The summed E-state index contributed by atoms with van der Waals surface area (Å²) in [6.07, 6.45) is 0.596. The van der Waals surface area contributed by atoms with Crippen molar-refractivity contribution in [2.24, 2.45) is 0 Å². The molecule has 1 saturated heterocycles. The molecule has 2 aliphatic heterocycles. The average molecular weight is 506 g/mol. The van der Waals surface area contributed by atoms with E-state index < -0.39 is 6.04 Å². The van der Waals surface area contributed by atoms with Crippen molar-refractivity contribution in [3.05, 3.63) is 64.7 Å². The second-order valence-corrected chi connectivity index (χ2v) is 9.65. The van der Waals surface area contributed by atoms with Gasteiger partial charge in [-0.2, -0.15) is 0 Å². The topological polar surface area (TPSA) is 105 Å². The lowest BCUT2D eigenvalue weighted by Crippen LogP contribution is -2.44. The van der Waals surface area contributed by atoms with Gasteiger partial charge in [0, 0.05) is 49.3 Å². The van der Waals surface area contributed by atoms with E-state index in [2.05, 4.69) is 10.2 Å². The van der Waals surface area contributed by atoms with Crippen molar-refractivity contribution < 1.29 is 28.7 Å². The van der Waals surface area contributed by atoms with Gasteiger partial charge in [-0.25, -0.2) is 0 Å². The third-order valence-electron chi connectivity index (χ3n) is 7.20. The minimum Gasteiger partial charge on any atom is -0.489 e. The monoisotopic (exact) mass is 505 g/mol. The van der Waals surface area contributed by atoms with Gasteiger partial charge in [-0.3, -0.25) is 24.1 Å². The van der Waals surface area contributed by atoms with Gasteiger partial charge < -0.3 is 19.7 Å². The first-order valence-corrected chi connectivity index (χ1v) is 12.8. The van der Waals surface area contributed by atoms with Gasteiger partial charge >= 0.3 is 0 Å². The van der Waals surface area contributed by atoms with Gasteiger partial charge in [-0.05, 0) is 36.2 Å². The second-order valence-electron chi connectivity index (χ2n) is 9.65. The van der Waals surface area contributed by atoms with Crippen LogP contribution in [0.5, 0.6) is 5.75 Å². The minimum atomic E-state index is -0.557. The lowest BCUT2D eigenvalue weighted by Gasteiger charge is -2.29. The van der Waals surface area contributed by atoms with Gasteiger partial charge in [0.15, 0.2) is 5.78 Å². The molecule has 5 rings (SSSR count). The molecule has 1 N–H and O–H groups in total. The molecule has 2 aromatic carbocycles. The SMILES string of the molecule is O=C1CCC(N2Cc3c(OCc4ccc(C(=O)NCCN5CCOCC5)cc4)cccc3C2=O)C(=O)C1. The highest BCUT2D eigenvalue weighted by atomic mass is 16.5. The Morgan fingerprint density at radius 2 is 1.84 bits per heavy atom. The van der Waals surface area contributed by atoms with Crippen molar-refractivity contribution >= 4 is 23.4 Å². The molecule has 0 spiro atoms. The number of hydrogen-bond acceptors (Lipinski definition) is 7. The third-order valence-corrected chi connectivity index (χ3v) is 7.20. The smallest absolute Gasteiger partial charge is 0.255 e. The summed E-state index contributed by atoms with van der Waals surface area (Å²) in [6, 6.07) is 12.0. The molecule has 3 aliphatic rings. The molecule has 0 bridgehead atoms.